The Balaban J connectivity index is 1.85. The number of rotatable bonds is 4. The van der Waals surface area contributed by atoms with Crippen LogP contribution in [0.4, 0.5) is 5.13 Å². The van der Waals surface area contributed by atoms with Crippen LogP contribution in [0.3, 0.4) is 0 Å². The van der Waals surface area contributed by atoms with Crippen LogP contribution in [0.1, 0.15) is 36.1 Å². The molecular weight excluding hydrogens is 310 g/mol. The summed E-state index contributed by atoms with van der Waals surface area (Å²) in [6.45, 7) is 6.14. The smallest absolute Gasteiger partial charge is 0.222 e. The topological polar surface area (TPSA) is 68.0 Å². The van der Waals surface area contributed by atoms with Crippen molar-refractivity contribution in [2.75, 3.05) is 5.32 Å². The van der Waals surface area contributed by atoms with Gasteiger partial charge in [-0.25, -0.2) is 4.98 Å². The fraction of sp³-hybridized carbons (Fsp3) is 0.235. The molecule has 5 nitrogen and oxygen atoms in total. The van der Waals surface area contributed by atoms with Gasteiger partial charge in [0.1, 0.15) is 11.5 Å². The number of thiazole rings is 1. The first-order valence-corrected chi connectivity index (χ1v) is 8.03. The highest BCUT2D eigenvalue weighted by Gasteiger charge is 2.18. The number of hydrogen-bond acceptors (Lipinski definition) is 6. The lowest BCUT2D eigenvalue weighted by atomic mass is 10.1. The average Bonchev–Trinajstić information content (AvgIpc) is 3.16. The van der Waals surface area contributed by atoms with E-state index >= 15 is 0 Å². The number of ketones is 1. The number of carbonyl (C=O) groups is 1. The summed E-state index contributed by atoms with van der Waals surface area (Å²) in [5.74, 6) is 0.568. The van der Waals surface area contributed by atoms with Gasteiger partial charge < -0.3 is 9.73 Å². The zero-order valence-corrected chi connectivity index (χ0v) is 14.0. The van der Waals surface area contributed by atoms with Crippen molar-refractivity contribution in [1.29, 1.82) is 0 Å². The van der Waals surface area contributed by atoms with Crippen LogP contribution in [0.5, 0.6) is 0 Å². The van der Waals surface area contributed by atoms with Crippen LogP contribution in [0, 0.1) is 0 Å². The zero-order valence-electron chi connectivity index (χ0n) is 13.2. The van der Waals surface area contributed by atoms with Crippen LogP contribution in [0.2, 0.25) is 0 Å². The van der Waals surface area contributed by atoms with Crippen molar-refractivity contribution in [3.05, 3.63) is 53.5 Å². The lowest BCUT2D eigenvalue weighted by Crippen LogP contribution is -2.25. The van der Waals surface area contributed by atoms with E-state index in [0.29, 0.717) is 16.3 Å². The third kappa shape index (κ3) is 3.65. The molecule has 0 aromatic carbocycles. The minimum absolute atomic E-state index is 0.102. The van der Waals surface area contributed by atoms with Gasteiger partial charge in [-0.3, -0.25) is 9.78 Å². The molecule has 0 aliphatic rings. The molecule has 3 aromatic heterocycles. The summed E-state index contributed by atoms with van der Waals surface area (Å²) in [5.41, 5.74) is 1.10. The van der Waals surface area contributed by atoms with E-state index in [4.69, 9.17) is 4.42 Å². The summed E-state index contributed by atoms with van der Waals surface area (Å²) in [7, 11) is 0. The van der Waals surface area contributed by atoms with Gasteiger partial charge in [0.15, 0.2) is 5.13 Å². The lowest BCUT2D eigenvalue weighted by Gasteiger charge is -2.19. The van der Waals surface area contributed by atoms with Crippen molar-refractivity contribution in [3.63, 3.8) is 0 Å². The third-order valence-corrected chi connectivity index (χ3v) is 3.92. The molecule has 23 heavy (non-hydrogen) atoms. The molecule has 0 unspecified atom stereocenters. The summed E-state index contributed by atoms with van der Waals surface area (Å²) >= 11 is 1.33. The summed E-state index contributed by atoms with van der Waals surface area (Å²) < 4.78 is 5.36. The number of nitrogens with zero attached hydrogens (tertiary/aromatic N) is 2. The van der Waals surface area contributed by atoms with Gasteiger partial charge in [0.05, 0.1) is 17.3 Å². The molecule has 0 amide bonds. The zero-order chi connectivity index (χ0) is 16.4. The fourth-order valence-electron chi connectivity index (χ4n) is 2.03. The van der Waals surface area contributed by atoms with Crippen molar-refractivity contribution in [1.82, 2.24) is 9.97 Å². The molecule has 0 spiro atoms. The van der Waals surface area contributed by atoms with E-state index in [0.717, 1.165) is 10.7 Å². The Morgan fingerprint density at radius 2 is 2.09 bits per heavy atom. The predicted octanol–water partition coefficient (Wildman–Crippen LogP) is 4.24. The van der Waals surface area contributed by atoms with Gasteiger partial charge in [-0.15, -0.1) is 0 Å². The highest BCUT2D eigenvalue weighted by atomic mass is 32.1. The molecular formula is C17H17N3O2S. The van der Waals surface area contributed by atoms with Gasteiger partial charge in [-0.05, 0) is 45.0 Å². The first-order chi connectivity index (χ1) is 10.9. The van der Waals surface area contributed by atoms with E-state index in [1.807, 2.05) is 39.0 Å². The molecule has 0 radical (unpaired) electrons. The predicted molar refractivity (Wildman–Crippen MR) is 90.9 cm³/mol. The maximum atomic E-state index is 12.6. The summed E-state index contributed by atoms with van der Waals surface area (Å²) in [6.07, 6.45) is 4.80. The van der Waals surface area contributed by atoms with Crippen LogP contribution >= 0.6 is 11.3 Å². The molecule has 1 N–H and O–H groups in total. The average molecular weight is 327 g/mol. The molecule has 3 heterocycles. The number of anilines is 1. The van der Waals surface area contributed by atoms with E-state index in [2.05, 4.69) is 15.3 Å². The molecule has 0 fully saturated rings. The van der Waals surface area contributed by atoms with E-state index in [-0.39, 0.29) is 11.3 Å². The van der Waals surface area contributed by atoms with Crippen molar-refractivity contribution < 1.29 is 9.21 Å². The molecule has 0 saturated heterocycles. The van der Waals surface area contributed by atoms with Crippen molar-refractivity contribution >= 4 is 22.3 Å². The fourth-order valence-corrected chi connectivity index (χ4v) is 3.01. The van der Waals surface area contributed by atoms with Crippen molar-refractivity contribution in [2.45, 2.75) is 26.3 Å². The first-order valence-electron chi connectivity index (χ1n) is 7.21. The van der Waals surface area contributed by atoms with Crippen molar-refractivity contribution in [2.24, 2.45) is 0 Å². The lowest BCUT2D eigenvalue weighted by molar-refractivity contribution is 0.103. The summed E-state index contributed by atoms with van der Waals surface area (Å²) in [4.78, 5) is 21.6. The molecule has 0 atom stereocenters. The minimum atomic E-state index is -0.141. The number of pyridine rings is 1. The van der Waals surface area contributed by atoms with Crippen LogP contribution in [0.15, 0.2) is 47.3 Å². The molecule has 0 bridgehead atoms. The van der Waals surface area contributed by atoms with Gasteiger partial charge >= 0.3 is 0 Å². The molecule has 0 aliphatic heterocycles. The third-order valence-electron chi connectivity index (χ3n) is 3.01. The highest BCUT2D eigenvalue weighted by molar-refractivity contribution is 7.17. The number of furan rings is 1. The van der Waals surface area contributed by atoms with Crippen LogP contribution in [0.25, 0.3) is 11.3 Å². The summed E-state index contributed by atoms with van der Waals surface area (Å²) in [5, 5.41) is 3.99. The summed E-state index contributed by atoms with van der Waals surface area (Å²) in [6, 6.07) is 7.21. The Labute approximate surface area is 138 Å². The number of aromatic nitrogens is 2. The second-order valence-corrected chi connectivity index (χ2v) is 7.17. The molecule has 3 aromatic rings. The molecule has 118 valence electrons. The van der Waals surface area contributed by atoms with Gasteiger partial charge in [-0.1, -0.05) is 11.3 Å². The number of carbonyl (C=O) groups excluding carboxylic acids is 1. The van der Waals surface area contributed by atoms with Crippen molar-refractivity contribution in [3.8, 4) is 11.3 Å². The maximum absolute atomic E-state index is 12.6. The standard InChI is InChI=1S/C17H17N3O2S/c1-17(2,3)20-16-19-10-14(23-16)15(21)12-9-11(6-7-18-12)13-5-4-8-22-13/h4-10H,1-3H3,(H,19,20). The van der Waals surface area contributed by atoms with Crippen LogP contribution < -0.4 is 5.32 Å². The van der Waals surface area contributed by atoms with E-state index in [1.165, 1.54) is 11.3 Å². The van der Waals surface area contributed by atoms with E-state index in [9.17, 15) is 4.79 Å². The normalized spacial score (nSPS) is 11.4. The van der Waals surface area contributed by atoms with Gasteiger partial charge in [0, 0.05) is 17.3 Å². The molecule has 6 heteroatoms. The van der Waals surface area contributed by atoms with E-state index < -0.39 is 0 Å². The Morgan fingerprint density at radius 3 is 2.78 bits per heavy atom. The van der Waals surface area contributed by atoms with Crippen LogP contribution in [-0.2, 0) is 0 Å². The minimum Gasteiger partial charge on any atom is -0.464 e. The largest absolute Gasteiger partial charge is 0.464 e. The molecule has 0 saturated carbocycles. The quantitative estimate of drug-likeness (QED) is 0.726. The van der Waals surface area contributed by atoms with Gasteiger partial charge in [0.2, 0.25) is 5.78 Å². The van der Waals surface area contributed by atoms with E-state index in [1.54, 1.807) is 24.7 Å². The Bertz CT molecular complexity index is 816. The Morgan fingerprint density at radius 1 is 1.26 bits per heavy atom. The monoisotopic (exact) mass is 327 g/mol. The maximum Gasteiger partial charge on any atom is 0.222 e. The SMILES string of the molecule is CC(C)(C)Nc1ncc(C(=O)c2cc(-c3ccco3)ccn2)s1. The second kappa shape index (κ2) is 5.96. The first kappa shape index (κ1) is 15.4. The number of hydrogen-bond donors (Lipinski definition) is 1. The van der Waals surface area contributed by atoms with Gasteiger partial charge in [-0.2, -0.15) is 0 Å². The van der Waals surface area contributed by atoms with Crippen LogP contribution in [-0.4, -0.2) is 21.3 Å². The van der Waals surface area contributed by atoms with Gasteiger partial charge in [0.25, 0.3) is 0 Å². The number of nitrogens with one attached hydrogen (secondary N) is 1. The Kier molecular flexibility index (Phi) is 4.00. The Hall–Kier alpha value is -2.47. The molecule has 0 aliphatic carbocycles. The molecule has 3 rings (SSSR count). The second-order valence-electron chi connectivity index (χ2n) is 6.14. The highest BCUT2D eigenvalue weighted by Crippen LogP contribution is 2.25.